The number of hydrogen-bond acceptors (Lipinski definition) is 4. The molecule has 150 valence electrons. The number of ketones is 1. The van der Waals surface area contributed by atoms with Crippen LogP contribution in [0.4, 0.5) is 4.39 Å². The van der Waals surface area contributed by atoms with Crippen LogP contribution in [0, 0.1) is 12.7 Å². The summed E-state index contributed by atoms with van der Waals surface area (Å²) in [6.07, 6.45) is -0.301. The summed E-state index contributed by atoms with van der Waals surface area (Å²) in [5, 5.41) is 7.08. The Morgan fingerprint density at radius 3 is 2.57 bits per heavy atom. The first-order chi connectivity index (χ1) is 14.5. The van der Waals surface area contributed by atoms with E-state index in [2.05, 4.69) is 0 Å². The van der Waals surface area contributed by atoms with Gasteiger partial charge in [0, 0.05) is 22.6 Å². The first kappa shape index (κ1) is 18.8. The second kappa shape index (κ2) is 7.26. The van der Waals surface area contributed by atoms with Gasteiger partial charge in [-0.25, -0.2) is 9.40 Å². The van der Waals surface area contributed by atoms with Crippen LogP contribution in [0.2, 0.25) is 5.02 Å². The van der Waals surface area contributed by atoms with Crippen LogP contribution in [0.5, 0.6) is 5.75 Å². The zero-order valence-electron chi connectivity index (χ0n) is 16.2. The summed E-state index contributed by atoms with van der Waals surface area (Å²) in [4.78, 5) is 13.2. The monoisotopic (exact) mass is 420 g/mol. The van der Waals surface area contributed by atoms with Gasteiger partial charge in [0.2, 0.25) is 5.78 Å². The number of fused-ring (bicyclic) bond motifs is 3. The molecule has 3 aromatic rings. The summed E-state index contributed by atoms with van der Waals surface area (Å²) >= 11 is 6.23. The molecule has 0 N–H and O–H groups in total. The van der Waals surface area contributed by atoms with Gasteiger partial charge < -0.3 is 4.74 Å². The van der Waals surface area contributed by atoms with Crippen LogP contribution in [0.3, 0.4) is 0 Å². The molecule has 0 saturated heterocycles. The lowest BCUT2D eigenvalue weighted by Crippen LogP contribution is -2.45. The first-order valence-corrected chi connectivity index (χ1v) is 10.1. The molecule has 2 unspecified atom stereocenters. The van der Waals surface area contributed by atoms with Crippen molar-refractivity contribution in [1.29, 1.82) is 0 Å². The summed E-state index contributed by atoms with van der Waals surface area (Å²) in [5.41, 5.74) is 4.33. The molecule has 0 saturated carbocycles. The normalized spacial score (nSPS) is 19.6. The van der Waals surface area contributed by atoms with E-state index in [0.717, 1.165) is 16.8 Å². The van der Waals surface area contributed by atoms with Crippen molar-refractivity contribution >= 4 is 23.1 Å². The number of aryl methyl sites for hydroxylation is 1. The molecule has 0 spiro atoms. The van der Waals surface area contributed by atoms with Crippen LogP contribution in [0.25, 0.3) is 0 Å². The highest BCUT2D eigenvalue weighted by atomic mass is 35.5. The van der Waals surface area contributed by atoms with E-state index in [4.69, 9.17) is 21.4 Å². The van der Waals surface area contributed by atoms with Crippen molar-refractivity contribution in [3.05, 3.63) is 99.8 Å². The van der Waals surface area contributed by atoms with E-state index in [1.807, 2.05) is 37.3 Å². The second-order valence-electron chi connectivity index (χ2n) is 7.54. The van der Waals surface area contributed by atoms with Gasteiger partial charge in [-0.3, -0.25) is 4.79 Å². The maximum atomic E-state index is 13.3. The third kappa shape index (κ3) is 3.25. The molecule has 0 aliphatic carbocycles. The molecule has 0 aromatic heterocycles. The van der Waals surface area contributed by atoms with E-state index in [1.54, 1.807) is 17.1 Å². The molecule has 5 rings (SSSR count). The molecule has 3 aromatic carbocycles. The van der Waals surface area contributed by atoms with Crippen molar-refractivity contribution in [2.75, 3.05) is 0 Å². The van der Waals surface area contributed by atoms with Crippen molar-refractivity contribution in [2.45, 2.75) is 25.6 Å². The van der Waals surface area contributed by atoms with E-state index in [9.17, 15) is 9.18 Å². The minimum Gasteiger partial charge on any atom is -0.461 e. The second-order valence-corrected chi connectivity index (χ2v) is 7.97. The molecule has 0 amide bonds. The van der Waals surface area contributed by atoms with Gasteiger partial charge >= 0.3 is 0 Å². The Hall–Kier alpha value is -3.18. The highest BCUT2D eigenvalue weighted by molar-refractivity contribution is 6.30. The zero-order valence-corrected chi connectivity index (χ0v) is 16.9. The van der Waals surface area contributed by atoms with Crippen molar-refractivity contribution in [3.8, 4) is 5.75 Å². The van der Waals surface area contributed by atoms with Crippen molar-refractivity contribution in [2.24, 2.45) is 5.10 Å². The number of hydrazone groups is 1. The van der Waals surface area contributed by atoms with Crippen LogP contribution >= 0.6 is 11.6 Å². The van der Waals surface area contributed by atoms with Gasteiger partial charge in [0.15, 0.2) is 0 Å². The van der Waals surface area contributed by atoms with Gasteiger partial charge in [0.25, 0.3) is 6.23 Å². The number of carbonyl (C=O) groups is 1. The lowest BCUT2D eigenvalue weighted by molar-refractivity contribution is -0.00455. The number of ether oxygens (including phenoxy) is 1. The topological polar surface area (TPSA) is 41.9 Å². The standard InChI is InChI=1S/C24H18ClFN2O2/c1-14-2-4-15(5-3-14)20-13-21-19-12-17(25)8-11-22(19)30-24(28(21)27-20)23(29)16-6-9-18(26)10-7-16/h2-12,21,24H,13H2,1H3. The minimum atomic E-state index is -0.933. The fourth-order valence-corrected chi connectivity index (χ4v) is 4.09. The lowest BCUT2D eigenvalue weighted by Gasteiger charge is -2.37. The van der Waals surface area contributed by atoms with E-state index < -0.39 is 12.0 Å². The number of Topliss-reactive ketones (excluding diaryl/α,β-unsaturated/α-hetero) is 1. The van der Waals surface area contributed by atoms with Crippen LogP contribution in [0.15, 0.2) is 71.8 Å². The van der Waals surface area contributed by atoms with Gasteiger partial charge in [0.05, 0.1) is 11.8 Å². The molecule has 2 aliphatic heterocycles. The molecule has 0 bridgehead atoms. The maximum Gasteiger partial charge on any atom is 0.251 e. The van der Waals surface area contributed by atoms with Crippen molar-refractivity contribution in [3.63, 3.8) is 0 Å². The fraction of sp³-hybridized carbons (Fsp3) is 0.167. The highest BCUT2D eigenvalue weighted by Gasteiger charge is 2.43. The first-order valence-electron chi connectivity index (χ1n) is 9.68. The van der Waals surface area contributed by atoms with Crippen LogP contribution in [0.1, 0.15) is 39.5 Å². The molecule has 2 atom stereocenters. The van der Waals surface area contributed by atoms with Crippen molar-refractivity contribution in [1.82, 2.24) is 5.01 Å². The molecule has 30 heavy (non-hydrogen) atoms. The van der Waals surface area contributed by atoms with E-state index >= 15 is 0 Å². The minimum absolute atomic E-state index is 0.168. The largest absolute Gasteiger partial charge is 0.461 e. The Morgan fingerprint density at radius 1 is 1.10 bits per heavy atom. The number of nitrogens with zero attached hydrogens (tertiary/aromatic N) is 2. The number of benzene rings is 3. The Balaban J connectivity index is 1.57. The van der Waals surface area contributed by atoms with Gasteiger partial charge in [-0.15, -0.1) is 0 Å². The molecule has 2 aliphatic rings. The molecule has 0 fully saturated rings. The van der Waals surface area contributed by atoms with Gasteiger partial charge in [0.1, 0.15) is 11.6 Å². The summed E-state index contributed by atoms with van der Waals surface area (Å²) in [6, 6.07) is 18.8. The smallest absolute Gasteiger partial charge is 0.251 e. The van der Waals surface area contributed by atoms with Gasteiger partial charge in [-0.1, -0.05) is 41.4 Å². The average molecular weight is 421 g/mol. The predicted octanol–water partition coefficient (Wildman–Crippen LogP) is 5.54. The van der Waals surface area contributed by atoms with Gasteiger partial charge in [-0.2, -0.15) is 5.10 Å². The predicted molar refractivity (Wildman–Crippen MR) is 114 cm³/mol. The summed E-state index contributed by atoms with van der Waals surface area (Å²) < 4.78 is 19.4. The summed E-state index contributed by atoms with van der Waals surface area (Å²) in [6.45, 7) is 2.03. The Bertz CT molecular complexity index is 1160. The van der Waals surface area contributed by atoms with Crippen LogP contribution < -0.4 is 4.74 Å². The number of rotatable bonds is 3. The Kier molecular flexibility index (Phi) is 4.55. The molecular formula is C24H18ClFN2O2. The molecule has 6 heteroatoms. The van der Waals surface area contributed by atoms with Gasteiger partial charge in [-0.05, 0) is 55.0 Å². The third-order valence-electron chi connectivity index (χ3n) is 5.49. The maximum absolute atomic E-state index is 13.3. The molecule has 4 nitrogen and oxygen atoms in total. The lowest BCUT2D eigenvalue weighted by atomic mass is 9.95. The SMILES string of the molecule is Cc1ccc(C2=NN3C(C(=O)c4ccc(F)cc4)Oc4ccc(Cl)cc4C3C2)cc1. The number of carbonyl (C=O) groups excluding carboxylic acids is 1. The third-order valence-corrected chi connectivity index (χ3v) is 5.72. The highest BCUT2D eigenvalue weighted by Crippen LogP contribution is 2.44. The molecular weight excluding hydrogens is 403 g/mol. The summed E-state index contributed by atoms with van der Waals surface area (Å²) in [5.74, 6) is -0.0502. The van der Waals surface area contributed by atoms with Crippen LogP contribution in [-0.2, 0) is 0 Å². The molecule has 2 heterocycles. The Morgan fingerprint density at radius 2 is 1.83 bits per heavy atom. The van der Waals surface area contributed by atoms with E-state index in [0.29, 0.717) is 22.8 Å². The average Bonchev–Trinajstić information content (AvgIpc) is 3.19. The number of hydrogen-bond donors (Lipinski definition) is 0. The van der Waals surface area contributed by atoms with Crippen molar-refractivity contribution < 1.29 is 13.9 Å². The fourth-order valence-electron chi connectivity index (χ4n) is 3.91. The zero-order chi connectivity index (χ0) is 20.8. The van der Waals surface area contributed by atoms with E-state index in [-0.39, 0.29) is 11.8 Å². The quantitative estimate of drug-likeness (QED) is 0.522. The van der Waals surface area contributed by atoms with E-state index in [1.165, 1.54) is 29.8 Å². The van der Waals surface area contributed by atoms with Crippen LogP contribution in [-0.4, -0.2) is 22.7 Å². The molecule has 0 radical (unpaired) electrons. The Labute approximate surface area is 178 Å². The number of halogens is 2. The summed E-state index contributed by atoms with van der Waals surface area (Å²) in [7, 11) is 0.